The van der Waals surface area contributed by atoms with E-state index in [2.05, 4.69) is 23.9 Å². The summed E-state index contributed by atoms with van der Waals surface area (Å²) in [5.74, 6) is 0. The second-order valence-electron chi connectivity index (χ2n) is 5.39. The molecule has 0 aliphatic rings. The van der Waals surface area contributed by atoms with E-state index in [1.165, 1.54) is 0 Å². The molecule has 2 N–H and O–H groups in total. The highest BCUT2D eigenvalue weighted by Crippen LogP contribution is 2.15. The van der Waals surface area contributed by atoms with E-state index >= 15 is 0 Å². The van der Waals surface area contributed by atoms with Crippen molar-refractivity contribution in [3.8, 4) is 0 Å². The lowest BCUT2D eigenvalue weighted by atomic mass is 10.3. The first-order chi connectivity index (χ1) is 9.80. The van der Waals surface area contributed by atoms with Crippen molar-refractivity contribution in [2.24, 2.45) is 0 Å². The second-order valence-corrected chi connectivity index (χ2v) is 7.15. The number of nitrogens with zero attached hydrogens (tertiary/aromatic N) is 1. The summed E-state index contributed by atoms with van der Waals surface area (Å²) in [4.78, 5) is 0.299. The molecule has 1 aromatic heterocycles. The summed E-state index contributed by atoms with van der Waals surface area (Å²) in [6.45, 7) is 9.58. The number of hydrogen-bond acceptors (Lipinski definition) is 4. The minimum atomic E-state index is -3.49. The number of aryl methyl sites for hydroxylation is 1. The van der Waals surface area contributed by atoms with Crippen LogP contribution >= 0.6 is 0 Å². The molecule has 0 radical (unpaired) electrons. The Bertz CT molecular complexity index is 538. The van der Waals surface area contributed by atoms with Crippen molar-refractivity contribution < 1.29 is 13.2 Å². The van der Waals surface area contributed by atoms with Crippen molar-refractivity contribution in [1.29, 1.82) is 0 Å². The summed E-state index contributed by atoms with van der Waals surface area (Å²) >= 11 is 0. The smallest absolute Gasteiger partial charge is 0.242 e. The zero-order valence-corrected chi connectivity index (χ0v) is 14.3. The largest absolute Gasteiger partial charge is 0.380 e. The molecular weight excluding hydrogens is 290 g/mol. The van der Waals surface area contributed by atoms with Crippen molar-refractivity contribution in [3.63, 3.8) is 0 Å². The predicted molar refractivity (Wildman–Crippen MR) is 83.7 cm³/mol. The summed E-state index contributed by atoms with van der Waals surface area (Å²) in [5, 5.41) is 3.30. The van der Waals surface area contributed by atoms with E-state index in [9.17, 15) is 8.42 Å². The van der Waals surface area contributed by atoms with Crippen LogP contribution in [0.1, 0.15) is 33.4 Å². The molecule has 6 nitrogen and oxygen atoms in total. The van der Waals surface area contributed by atoms with E-state index in [0.29, 0.717) is 17.5 Å². The Kier molecular flexibility index (Phi) is 6.86. The molecule has 1 aromatic rings. The Morgan fingerprint density at radius 2 is 2.00 bits per heavy atom. The highest BCUT2D eigenvalue weighted by molar-refractivity contribution is 7.89. The molecular formula is C14H27N3O3S. The van der Waals surface area contributed by atoms with E-state index in [-0.39, 0.29) is 12.6 Å². The molecule has 0 aromatic carbocycles. The van der Waals surface area contributed by atoms with E-state index in [1.807, 2.05) is 18.4 Å². The number of methoxy groups -OCH3 is 1. The molecule has 122 valence electrons. The average molecular weight is 317 g/mol. The lowest BCUT2D eigenvalue weighted by Gasteiger charge is -2.10. The molecule has 0 spiro atoms. The van der Waals surface area contributed by atoms with Gasteiger partial charge < -0.3 is 14.6 Å². The zero-order chi connectivity index (χ0) is 16.0. The van der Waals surface area contributed by atoms with Gasteiger partial charge in [-0.05, 0) is 19.9 Å². The van der Waals surface area contributed by atoms with Gasteiger partial charge in [-0.3, -0.25) is 0 Å². The molecule has 0 aliphatic heterocycles. The van der Waals surface area contributed by atoms with Crippen molar-refractivity contribution in [1.82, 2.24) is 14.6 Å². The van der Waals surface area contributed by atoms with E-state index in [0.717, 1.165) is 12.2 Å². The van der Waals surface area contributed by atoms with Gasteiger partial charge in [0.05, 0.1) is 11.0 Å². The quantitative estimate of drug-likeness (QED) is 0.720. The number of sulfonamides is 1. The van der Waals surface area contributed by atoms with Crippen LogP contribution in [0.3, 0.4) is 0 Å². The minimum Gasteiger partial charge on any atom is -0.380 e. The molecule has 1 atom stereocenters. The third kappa shape index (κ3) is 5.43. The van der Waals surface area contributed by atoms with Gasteiger partial charge in [-0.25, -0.2) is 13.1 Å². The number of hydrogen-bond donors (Lipinski definition) is 2. The standard InChI is InChI=1S/C14H27N3O3S/c1-6-17-10-14(7-13(17)9-15-11(2)3)21(18,19)16-8-12(4)20-5/h7,10-12,15-16H,6,8-9H2,1-5H3. The second kappa shape index (κ2) is 7.93. The van der Waals surface area contributed by atoms with Gasteiger partial charge in [0.25, 0.3) is 0 Å². The highest BCUT2D eigenvalue weighted by Gasteiger charge is 2.18. The number of nitrogens with one attached hydrogen (secondary N) is 2. The van der Waals surface area contributed by atoms with Crippen LogP contribution in [0.4, 0.5) is 0 Å². The minimum absolute atomic E-state index is 0.157. The molecule has 1 unspecified atom stereocenters. The van der Waals surface area contributed by atoms with Crippen molar-refractivity contribution >= 4 is 10.0 Å². The third-order valence-electron chi connectivity index (χ3n) is 3.27. The Morgan fingerprint density at radius 3 is 2.52 bits per heavy atom. The normalized spacial score (nSPS) is 13.8. The molecule has 0 fully saturated rings. The molecule has 7 heteroatoms. The van der Waals surface area contributed by atoms with Crippen LogP contribution in [0.5, 0.6) is 0 Å². The molecule has 21 heavy (non-hydrogen) atoms. The Hall–Kier alpha value is -0.890. The average Bonchev–Trinajstić information content (AvgIpc) is 2.86. The molecule has 0 bridgehead atoms. The first-order valence-electron chi connectivity index (χ1n) is 7.25. The van der Waals surface area contributed by atoms with Crippen LogP contribution in [-0.2, 0) is 27.8 Å². The van der Waals surface area contributed by atoms with Gasteiger partial charge in [-0.15, -0.1) is 0 Å². The number of aromatic nitrogens is 1. The van der Waals surface area contributed by atoms with Gasteiger partial charge in [-0.2, -0.15) is 0 Å². The maximum atomic E-state index is 12.3. The summed E-state index contributed by atoms with van der Waals surface area (Å²) in [6.07, 6.45) is 1.52. The lowest BCUT2D eigenvalue weighted by molar-refractivity contribution is 0.122. The maximum Gasteiger partial charge on any atom is 0.242 e. The fourth-order valence-electron chi connectivity index (χ4n) is 1.82. The van der Waals surface area contributed by atoms with Crippen LogP contribution in [-0.4, -0.2) is 38.8 Å². The van der Waals surface area contributed by atoms with Gasteiger partial charge in [-0.1, -0.05) is 13.8 Å². The van der Waals surface area contributed by atoms with Gasteiger partial charge in [0, 0.05) is 44.7 Å². The highest BCUT2D eigenvalue weighted by atomic mass is 32.2. The van der Waals surface area contributed by atoms with Gasteiger partial charge in [0.2, 0.25) is 10.0 Å². The number of rotatable bonds is 9. The Labute approximate surface area is 127 Å². The van der Waals surface area contributed by atoms with Gasteiger partial charge in [0.15, 0.2) is 0 Å². The molecule has 1 heterocycles. The Morgan fingerprint density at radius 1 is 1.33 bits per heavy atom. The first-order valence-corrected chi connectivity index (χ1v) is 8.73. The molecule has 0 aliphatic carbocycles. The van der Waals surface area contributed by atoms with Gasteiger partial charge >= 0.3 is 0 Å². The first kappa shape index (κ1) is 18.2. The Balaban J connectivity index is 2.87. The third-order valence-corrected chi connectivity index (χ3v) is 4.66. The van der Waals surface area contributed by atoms with Gasteiger partial charge in [0.1, 0.15) is 0 Å². The predicted octanol–water partition coefficient (Wildman–Crippen LogP) is 1.32. The molecule has 0 saturated carbocycles. The van der Waals surface area contributed by atoms with Crippen molar-refractivity contribution in [3.05, 3.63) is 18.0 Å². The molecule has 0 amide bonds. The van der Waals surface area contributed by atoms with Crippen LogP contribution < -0.4 is 10.0 Å². The SMILES string of the molecule is CCn1cc(S(=O)(=O)NCC(C)OC)cc1CNC(C)C. The number of ether oxygens (including phenoxy) is 1. The summed E-state index contributed by atoms with van der Waals surface area (Å²) in [6, 6.07) is 2.07. The molecule has 0 saturated heterocycles. The summed E-state index contributed by atoms with van der Waals surface area (Å²) in [5.41, 5.74) is 0.964. The van der Waals surface area contributed by atoms with Crippen molar-refractivity contribution in [2.45, 2.75) is 57.8 Å². The van der Waals surface area contributed by atoms with Crippen molar-refractivity contribution in [2.75, 3.05) is 13.7 Å². The van der Waals surface area contributed by atoms with E-state index < -0.39 is 10.0 Å². The molecule has 1 rings (SSSR count). The van der Waals surface area contributed by atoms with Crippen LogP contribution in [0.2, 0.25) is 0 Å². The van der Waals surface area contributed by atoms with Crippen LogP contribution in [0, 0.1) is 0 Å². The van der Waals surface area contributed by atoms with Crippen LogP contribution in [0.15, 0.2) is 17.2 Å². The van der Waals surface area contributed by atoms with E-state index in [4.69, 9.17) is 4.74 Å². The summed E-state index contributed by atoms with van der Waals surface area (Å²) in [7, 11) is -1.94. The van der Waals surface area contributed by atoms with Crippen LogP contribution in [0.25, 0.3) is 0 Å². The fourth-order valence-corrected chi connectivity index (χ4v) is 3.00. The lowest BCUT2D eigenvalue weighted by Crippen LogP contribution is -2.31. The zero-order valence-electron chi connectivity index (χ0n) is 13.5. The summed E-state index contributed by atoms with van der Waals surface area (Å²) < 4.78 is 34.1. The topological polar surface area (TPSA) is 72.4 Å². The monoisotopic (exact) mass is 317 g/mol. The maximum absolute atomic E-state index is 12.3. The fraction of sp³-hybridized carbons (Fsp3) is 0.714. The van der Waals surface area contributed by atoms with E-state index in [1.54, 1.807) is 19.4 Å².